The summed E-state index contributed by atoms with van der Waals surface area (Å²) in [5.74, 6) is 0.734. The topological polar surface area (TPSA) is 34.1 Å². The summed E-state index contributed by atoms with van der Waals surface area (Å²) >= 11 is 0. The van der Waals surface area contributed by atoms with Crippen molar-refractivity contribution in [2.45, 2.75) is 31.8 Å². The van der Waals surface area contributed by atoms with Crippen LogP contribution in [0.3, 0.4) is 0 Å². The van der Waals surface area contributed by atoms with E-state index in [1.54, 1.807) is 0 Å². The zero-order valence-electron chi connectivity index (χ0n) is 11.6. The van der Waals surface area contributed by atoms with Crippen LogP contribution in [-0.2, 0) is 6.54 Å². The first-order chi connectivity index (χ1) is 9.86. The molecule has 0 unspecified atom stereocenters. The van der Waals surface area contributed by atoms with Crippen LogP contribution in [0, 0.1) is 0 Å². The zero-order valence-corrected chi connectivity index (χ0v) is 11.6. The van der Waals surface area contributed by atoms with Gasteiger partial charge < -0.3 is 10.1 Å². The van der Waals surface area contributed by atoms with E-state index in [-0.39, 0.29) is 0 Å². The van der Waals surface area contributed by atoms with Crippen molar-refractivity contribution in [2.75, 3.05) is 6.61 Å². The quantitative estimate of drug-likeness (QED) is 0.617. The number of benzene rings is 1. The Morgan fingerprint density at radius 2 is 2.20 bits per heavy atom. The third kappa shape index (κ3) is 3.17. The van der Waals surface area contributed by atoms with Crippen molar-refractivity contribution in [1.29, 1.82) is 0 Å². The van der Waals surface area contributed by atoms with Crippen LogP contribution in [0.2, 0.25) is 0 Å². The standard InChI is InChI=1S/C17H20N2O/c1-2-3-10-20-17-16-7-5-4-6-13(16)11-15(19-17)12-18-14-8-9-14/h2,4-7,11,14,18H,1,3,8-10,12H2. The Labute approximate surface area is 119 Å². The molecule has 1 aromatic heterocycles. The van der Waals surface area contributed by atoms with Crippen molar-refractivity contribution < 1.29 is 4.74 Å². The number of aromatic nitrogens is 1. The van der Waals surface area contributed by atoms with Crippen LogP contribution in [0.5, 0.6) is 5.88 Å². The van der Waals surface area contributed by atoms with Crippen molar-refractivity contribution in [3.63, 3.8) is 0 Å². The number of hydrogen-bond acceptors (Lipinski definition) is 3. The van der Waals surface area contributed by atoms with Crippen LogP contribution >= 0.6 is 0 Å². The molecule has 1 aromatic carbocycles. The van der Waals surface area contributed by atoms with Gasteiger partial charge in [0.1, 0.15) is 0 Å². The Balaban J connectivity index is 1.84. The number of nitrogens with zero attached hydrogens (tertiary/aromatic N) is 1. The summed E-state index contributed by atoms with van der Waals surface area (Å²) in [5, 5.41) is 5.76. The molecule has 0 aliphatic heterocycles. The first-order valence-electron chi connectivity index (χ1n) is 7.22. The largest absolute Gasteiger partial charge is 0.477 e. The van der Waals surface area contributed by atoms with Gasteiger partial charge in [-0.25, -0.2) is 4.98 Å². The first-order valence-corrected chi connectivity index (χ1v) is 7.22. The van der Waals surface area contributed by atoms with Crippen LogP contribution in [0.4, 0.5) is 0 Å². The molecule has 104 valence electrons. The molecule has 0 saturated heterocycles. The molecule has 0 spiro atoms. The Bertz CT molecular complexity index is 605. The summed E-state index contributed by atoms with van der Waals surface area (Å²) in [6, 6.07) is 11.1. The number of rotatable bonds is 7. The van der Waals surface area contributed by atoms with Gasteiger partial charge in [-0.1, -0.05) is 24.3 Å². The molecule has 0 atom stereocenters. The molecule has 1 fully saturated rings. The summed E-state index contributed by atoms with van der Waals surface area (Å²) in [4.78, 5) is 4.65. The first kappa shape index (κ1) is 13.1. The highest BCUT2D eigenvalue weighted by molar-refractivity contribution is 5.87. The molecular formula is C17H20N2O. The number of ether oxygens (including phenoxy) is 1. The average molecular weight is 268 g/mol. The maximum absolute atomic E-state index is 5.81. The molecule has 1 aliphatic rings. The molecule has 1 heterocycles. The zero-order chi connectivity index (χ0) is 13.8. The molecule has 3 heteroatoms. The van der Waals surface area contributed by atoms with Gasteiger partial charge in [-0.05, 0) is 36.8 Å². The van der Waals surface area contributed by atoms with E-state index in [0.717, 1.165) is 29.9 Å². The Morgan fingerprint density at radius 3 is 3.00 bits per heavy atom. The van der Waals surface area contributed by atoms with Crippen molar-refractivity contribution in [1.82, 2.24) is 10.3 Å². The van der Waals surface area contributed by atoms with Gasteiger partial charge in [-0.3, -0.25) is 0 Å². The summed E-state index contributed by atoms with van der Waals surface area (Å²) in [5.41, 5.74) is 1.05. The monoisotopic (exact) mass is 268 g/mol. The van der Waals surface area contributed by atoms with E-state index < -0.39 is 0 Å². The lowest BCUT2D eigenvalue weighted by molar-refractivity contribution is 0.315. The molecular weight excluding hydrogens is 248 g/mol. The maximum Gasteiger partial charge on any atom is 0.221 e. The second-order valence-electron chi connectivity index (χ2n) is 5.22. The van der Waals surface area contributed by atoms with E-state index >= 15 is 0 Å². The van der Waals surface area contributed by atoms with Gasteiger partial charge >= 0.3 is 0 Å². The molecule has 20 heavy (non-hydrogen) atoms. The van der Waals surface area contributed by atoms with Crippen LogP contribution in [0.15, 0.2) is 43.0 Å². The fourth-order valence-corrected chi connectivity index (χ4v) is 2.20. The Hall–Kier alpha value is -1.87. The number of fused-ring (bicyclic) bond motifs is 1. The SMILES string of the molecule is C=CCCOc1nc(CNC2CC2)cc2ccccc12. The molecule has 3 rings (SSSR count). The fourth-order valence-electron chi connectivity index (χ4n) is 2.20. The molecule has 0 radical (unpaired) electrons. The fraction of sp³-hybridized carbons (Fsp3) is 0.353. The van der Waals surface area contributed by atoms with Gasteiger partial charge in [0.2, 0.25) is 5.88 Å². The minimum atomic E-state index is 0.625. The molecule has 0 amide bonds. The third-order valence-corrected chi connectivity index (χ3v) is 3.47. The van der Waals surface area contributed by atoms with E-state index in [2.05, 4.69) is 35.1 Å². The van der Waals surface area contributed by atoms with Crippen molar-refractivity contribution in [2.24, 2.45) is 0 Å². The van der Waals surface area contributed by atoms with Crippen molar-refractivity contribution in [3.05, 3.63) is 48.7 Å². The van der Waals surface area contributed by atoms with E-state index in [4.69, 9.17) is 4.74 Å². The van der Waals surface area contributed by atoms with Gasteiger partial charge in [-0.15, -0.1) is 6.58 Å². The van der Waals surface area contributed by atoms with E-state index in [1.165, 1.54) is 18.2 Å². The predicted octanol–water partition coefficient (Wildman–Crippen LogP) is 3.44. The normalized spacial score (nSPS) is 14.4. The maximum atomic E-state index is 5.81. The van der Waals surface area contributed by atoms with Crippen LogP contribution in [0.1, 0.15) is 25.0 Å². The second-order valence-corrected chi connectivity index (χ2v) is 5.22. The highest BCUT2D eigenvalue weighted by Crippen LogP contribution is 2.25. The molecule has 2 aromatic rings. The van der Waals surface area contributed by atoms with Crippen LogP contribution < -0.4 is 10.1 Å². The number of hydrogen-bond donors (Lipinski definition) is 1. The number of pyridine rings is 1. The molecule has 1 saturated carbocycles. The van der Waals surface area contributed by atoms with Gasteiger partial charge in [0.15, 0.2) is 0 Å². The van der Waals surface area contributed by atoms with E-state index in [1.807, 2.05) is 18.2 Å². The summed E-state index contributed by atoms with van der Waals surface area (Å²) in [6.45, 7) is 5.15. The van der Waals surface area contributed by atoms with Gasteiger partial charge in [0.05, 0.1) is 12.3 Å². The minimum absolute atomic E-state index is 0.625. The summed E-state index contributed by atoms with van der Waals surface area (Å²) in [7, 11) is 0. The lowest BCUT2D eigenvalue weighted by atomic mass is 10.1. The van der Waals surface area contributed by atoms with Gasteiger partial charge in [-0.2, -0.15) is 0 Å². The molecule has 0 bridgehead atoms. The van der Waals surface area contributed by atoms with E-state index in [9.17, 15) is 0 Å². The number of nitrogens with one attached hydrogen (secondary N) is 1. The third-order valence-electron chi connectivity index (χ3n) is 3.47. The molecule has 1 aliphatic carbocycles. The molecule has 3 nitrogen and oxygen atoms in total. The highest BCUT2D eigenvalue weighted by Gasteiger charge is 2.20. The molecule has 1 N–H and O–H groups in total. The summed E-state index contributed by atoms with van der Waals surface area (Å²) < 4.78 is 5.81. The van der Waals surface area contributed by atoms with E-state index in [0.29, 0.717) is 12.6 Å². The van der Waals surface area contributed by atoms with Crippen LogP contribution in [-0.4, -0.2) is 17.6 Å². The van der Waals surface area contributed by atoms with Crippen molar-refractivity contribution >= 4 is 10.8 Å². The van der Waals surface area contributed by atoms with Gasteiger partial charge in [0.25, 0.3) is 0 Å². The Kier molecular flexibility index (Phi) is 3.97. The Morgan fingerprint density at radius 1 is 1.35 bits per heavy atom. The predicted molar refractivity (Wildman–Crippen MR) is 81.9 cm³/mol. The van der Waals surface area contributed by atoms with Crippen molar-refractivity contribution in [3.8, 4) is 5.88 Å². The lowest BCUT2D eigenvalue weighted by Crippen LogP contribution is -2.16. The second kappa shape index (κ2) is 6.06. The average Bonchev–Trinajstić information content (AvgIpc) is 3.29. The van der Waals surface area contributed by atoms with Gasteiger partial charge in [0, 0.05) is 18.0 Å². The van der Waals surface area contributed by atoms with Crippen LogP contribution in [0.25, 0.3) is 10.8 Å². The minimum Gasteiger partial charge on any atom is -0.477 e. The smallest absolute Gasteiger partial charge is 0.221 e. The summed E-state index contributed by atoms with van der Waals surface area (Å²) in [6.07, 6.45) is 5.27. The lowest BCUT2D eigenvalue weighted by Gasteiger charge is -2.10. The highest BCUT2D eigenvalue weighted by atomic mass is 16.5.